The van der Waals surface area contributed by atoms with E-state index in [0.717, 1.165) is 0 Å². The fourth-order valence-electron chi connectivity index (χ4n) is 1.17. The Kier molecular flexibility index (Phi) is 2.85. The number of nitrogens with zero attached hydrogens (tertiary/aromatic N) is 2. The molecule has 1 fully saturated rings. The molecule has 0 aromatic rings. The van der Waals surface area contributed by atoms with E-state index in [2.05, 4.69) is 53.1 Å². The minimum Gasteiger partial charge on any atom is -0.272 e. The molecule has 1 aliphatic rings. The van der Waals surface area contributed by atoms with Gasteiger partial charge in [0, 0.05) is 22.6 Å². The van der Waals surface area contributed by atoms with Crippen molar-refractivity contribution in [3.63, 3.8) is 0 Å². The molecular formula is C7H12Br2N2O. The van der Waals surface area contributed by atoms with Gasteiger partial charge in [-0.3, -0.25) is 4.79 Å². The van der Waals surface area contributed by atoms with Crippen LogP contribution in [0.2, 0.25) is 0 Å². The van der Waals surface area contributed by atoms with E-state index in [0.29, 0.717) is 6.42 Å². The molecule has 0 spiro atoms. The lowest BCUT2D eigenvalue weighted by atomic mass is 9.86. The van der Waals surface area contributed by atoms with Gasteiger partial charge >= 0.3 is 0 Å². The normalized spacial score (nSPS) is 26.9. The van der Waals surface area contributed by atoms with E-state index < -0.39 is 0 Å². The van der Waals surface area contributed by atoms with Crippen LogP contribution in [0, 0.1) is 5.41 Å². The van der Waals surface area contributed by atoms with Crippen molar-refractivity contribution >= 4 is 38.2 Å². The fraction of sp³-hybridized carbons (Fsp3) is 0.857. The molecule has 1 amide bonds. The average Bonchev–Trinajstić information content (AvgIpc) is 2.15. The maximum Gasteiger partial charge on any atom is 0.249 e. The largest absolute Gasteiger partial charge is 0.272 e. The smallest absolute Gasteiger partial charge is 0.249 e. The Labute approximate surface area is 89.7 Å². The summed E-state index contributed by atoms with van der Waals surface area (Å²) < 4.78 is 3.19. The van der Waals surface area contributed by atoms with Crippen LogP contribution in [-0.2, 0) is 4.79 Å². The molecule has 0 aromatic heterocycles. The molecule has 0 saturated carbocycles. The number of rotatable bonds is 0. The van der Waals surface area contributed by atoms with Gasteiger partial charge < -0.3 is 0 Å². The summed E-state index contributed by atoms with van der Waals surface area (Å²) in [5.41, 5.74) is 0.0989. The highest BCUT2D eigenvalue weighted by Crippen LogP contribution is 2.37. The highest BCUT2D eigenvalue weighted by atomic mass is 79.9. The van der Waals surface area contributed by atoms with Crippen LogP contribution in [0.1, 0.15) is 27.2 Å². The Morgan fingerprint density at radius 3 is 2.08 bits per heavy atom. The molecule has 0 aromatic carbocycles. The molecular weight excluding hydrogens is 288 g/mol. The SMILES string of the molecule is CC(C)(C)C1CC(=O)N(Br)N1Br. The number of carbonyl (C=O) groups is 1. The number of hydrogen-bond donors (Lipinski definition) is 0. The zero-order chi connectivity index (χ0) is 9.52. The summed E-state index contributed by atoms with van der Waals surface area (Å²) in [5, 5.41) is 0. The van der Waals surface area contributed by atoms with E-state index in [1.807, 2.05) is 0 Å². The minimum atomic E-state index is 0.0896. The molecule has 5 heteroatoms. The van der Waals surface area contributed by atoms with Gasteiger partial charge in [0.05, 0.1) is 22.2 Å². The van der Waals surface area contributed by atoms with Crippen LogP contribution in [0.3, 0.4) is 0 Å². The van der Waals surface area contributed by atoms with Crippen LogP contribution < -0.4 is 0 Å². The Morgan fingerprint density at radius 2 is 1.92 bits per heavy atom. The predicted octanol–water partition coefficient (Wildman–Crippen LogP) is 2.47. The fourth-order valence-corrected chi connectivity index (χ4v) is 2.47. The van der Waals surface area contributed by atoms with Gasteiger partial charge in [-0.25, -0.2) is 0 Å². The Balaban J connectivity index is 2.78. The van der Waals surface area contributed by atoms with E-state index in [-0.39, 0.29) is 17.4 Å². The lowest BCUT2D eigenvalue weighted by Crippen LogP contribution is -2.36. The van der Waals surface area contributed by atoms with Gasteiger partial charge in [0.1, 0.15) is 0 Å². The van der Waals surface area contributed by atoms with E-state index in [1.54, 1.807) is 4.03 Å². The zero-order valence-electron chi connectivity index (χ0n) is 7.34. The van der Waals surface area contributed by atoms with Crippen LogP contribution in [0.4, 0.5) is 0 Å². The van der Waals surface area contributed by atoms with Gasteiger partial charge in [-0.05, 0) is 5.41 Å². The summed E-state index contributed by atoms with van der Waals surface area (Å²) in [6, 6.07) is 0.212. The van der Waals surface area contributed by atoms with Gasteiger partial charge in [-0.15, -0.1) is 4.03 Å². The van der Waals surface area contributed by atoms with E-state index in [4.69, 9.17) is 0 Å². The van der Waals surface area contributed by atoms with Crippen LogP contribution in [0.15, 0.2) is 0 Å². The molecule has 0 radical (unpaired) electrons. The summed E-state index contributed by atoms with van der Waals surface area (Å²) >= 11 is 6.50. The third-order valence-corrected chi connectivity index (χ3v) is 3.97. The van der Waals surface area contributed by atoms with Crippen molar-refractivity contribution in [3.8, 4) is 0 Å². The molecule has 1 saturated heterocycles. The first-order chi connectivity index (χ1) is 5.34. The van der Waals surface area contributed by atoms with Crippen LogP contribution in [0.5, 0.6) is 0 Å². The topological polar surface area (TPSA) is 23.6 Å². The quantitative estimate of drug-likeness (QED) is 0.642. The second-order valence-electron chi connectivity index (χ2n) is 4.03. The third-order valence-electron chi connectivity index (χ3n) is 2.00. The average molecular weight is 300 g/mol. The second kappa shape index (κ2) is 3.27. The molecule has 0 aliphatic carbocycles. The molecule has 12 heavy (non-hydrogen) atoms. The van der Waals surface area contributed by atoms with Gasteiger partial charge in [-0.2, -0.15) is 4.03 Å². The summed E-state index contributed by atoms with van der Waals surface area (Å²) in [6.45, 7) is 6.35. The molecule has 1 atom stereocenters. The maximum atomic E-state index is 11.2. The van der Waals surface area contributed by atoms with Crippen LogP contribution >= 0.6 is 32.3 Å². The zero-order valence-corrected chi connectivity index (χ0v) is 10.5. The third kappa shape index (κ3) is 1.83. The molecule has 70 valence electrons. The van der Waals surface area contributed by atoms with Crippen molar-refractivity contribution in [2.75, 3.05) is 0 Å². The van der Waals surface area contributed by atoms with E-state index in [1.165, 1.54) is 4.03 Å². The number of carbonyl (C=O) groups excluding carboxylic acids is 1. The summed E-state index contributed by atoms with van der Waals surface area (Å²) in [6.07, 6.45) is 0.556. The summed E-state index contributed by atoms with van der Waals surface area (Å²) in [7, 11) is 0. The molecule has 0 bridgehead atoms. The minimum absolute atomic E-state index is 0.0896. The summed E-state index contributed by atoms with van der Waals surface area (Å²) in [5.74, 6) is 0.0896. The monoisotopic (exact) mass is 298 g/mol. The van der Waals surface area contributed by atoms with Crippen molar-refractivity contribution < 1.29 is 4.79 Å². The number of hydrogen-bond acceptors (Lipinski definition) is 2. The number of amides is 1. The van der Waals surface area contributed by atoms with Gasteiger partial charge in [0.2, 0.25) is 5.91 Å². The first kappa shape index (κ1) is 10.5. The Morgan fingerprint density at radius 1 is 1.42 bits per heavy atom. The molecule has 0 N–H and O–H groups in total. The first-order valence-electron chi connectivity index (χ1n) is 3.77. The van der Waals surface area contributed by atoms with Gasteiger partial charge in [0.25, 0.3) is 0 Å². The molecule has 1 heterocycles. The standard InChI is InChI=1S/C7H12Br2N2O/c1-7(2,3)5-4-6(12)11(9)10(5)8/h5H,4H2,1-3H3. The number of halogens is 2. The highest BCUT2D eigenvalue weighted by molar-refractivity contribution is 9.09. The molecule has 3 nitrogen and oxygen atoms in total. The first-order valence-corrected chi connectivity index (χ1v) is 5.19. The van der Waals surface area contributed by atoms with Gasteiger partial charge in [0.15, 0.2) is 0 Å². The van der Waals surface area contributed by atoms with Crippen molar-refractivity contribution in [3.05, 3.63) is 0 Å². The Hall–Kier alpha value is 0.390. The highest BCUT2D eigenvalue weighted by Gasteiger charge is 2.42. The van der Waals surface area contributed by atoms with Crippen molar-refractivity contribution in [2.24, 2.45) is 5.41 Å². The number of hydrazine groups is 1. The van der Waals surface area contributed by atoms with E-state index >= 15 is 0 Å². The molecule has 1 rings (SSSR count). The lowest BCUT2D eigenvalue weighted by molar-refractivity contribution is -0.125. The maximum absolute atomic E-state index is 11.2. The predicted molar refractivity (Wildman–Crippen MR) is 54.4 cm³/mol. The van der Waals surface area contributed by atoms with Gasteiger partial charge in [-0.1, -0.05) is 20.8 Å². The van der Waals surface area contributed by atoms with Crippen LogP contribution in [0.25, 0.3) is 0 Å². The second-order valence-corrected chi connectivity index (χ2v) is 5.43. The molecule has 1 unspecified atom stereocenters. The summed E-state index contributed by atoms with van der Waals surface area (Å²) in [4.78, 5) is 11.2. The van der Waals surface area contributed by atoms with Crippen molar-refractivity contribution in [1.82, 2.24) is 8.07 Å². The molecule has 1 aliphatic heterocycles. The lowest BCUT2D eigenvalue weighted by Gasteiger charge is -2.30. The van der Waals surface area contributed by atoms with Crippen molar-refractivity contribution in [1.29, 1.82) is 0 Å². The van der Waals surface area contributed by atoms with Crippen molar-refractivity contribution in [2.45, 2.75) is 33.2 Å². The van der Waals surface area contributed by atoms with E-state index in [9.17, 15) is 4.79 Å². The Bertz CT molecular complexity index is 202. The van der Waals surface area contributed by atoms with Crippen LogP contribution in [-0.4, -0.2) is 20.0 Å².